The summed E-state index contributed by atoms with van der Waals surface area (Å²) in [6.45, 7) is 0. The van der Waals surface area contributed by atoms with Crippen LogP contribution in [0.15, 0.2) is 36.5 Å². The molecule has 0 saturated carbocycles. The second kappa shape index (κ2) is 3.98. The maximum absolute atomic E-state index is 11.0. The second-order valence-corrected chi connectivity index (χ2v) is 3.16. The SMILES string of the molecule is Nc1ncc(C(=O)O)c(-c2ccccc2)n1. The zero-order chi connectivity index (χ0) is 11.5. The van der Waals surface area contributed by atoms with Gasteiger partial charge in [-0.25, -0.2) is 14.8 Å². The predicted molar refractivity (Wildman–Crippen MR) is 58.8 cm³/mol. The molecule has 0 saturated heterocycles. The molecule has 5 heteroatoms. The quantitative estimate of drug-likeness (QED) is 0.790. The molecule has 16 heavy (non-hydrogen) atoms. The van der Waals surface area contributed by atoms with Gasteiger partial charge < -0.3 is 10.8 Å². The maximum Gasteiger partial charge on any atom is 0.339 e. The minimum atomic E-state index is -1.07. The van der Waals surface area contributed by atoms with E-state index in [1.165, 1.54) is 6.20 Å². The van der Waals surface area contributed by atoms with E-state index in [-0.39, 0.29) is 11.5 Å². The van der Waals surface area contributed by atoms with Gasteiger partial charge in [-0.3, -0.25) is 0 Å². The molecule has 1 heterocycles. The monoisotopic (exact) mass is 215 g/mol. The van der Waals surface area contributed by atoms with Gasteiger partial charge in [0.2, 0.25) is 5.95 Å². The third kappa shape index (κ3) is 1.83. The molecule has 80 valence electrons. The number of hydrogen-bond donors (Lipinski definition) is 2. The Morgan fingerprint density at radius 3 is 2.56 bits per heavy atom. The van der Waals surface area contributed by atoms with Crippen LogP contribution in [0.5, 0.6) is 0 Å². The molecule has 0 amide bonds. The summed E-state index contributed by atoms with van der Waals surface area (Å²) >= 11 is 0. The van der Waals surface area contributed by atoms with Gasteiger partial charge in [-0.05, 0) is 0 Å². The molecule has 1 aromatic heterocycles. The predicted octanol–water partition coefficient (Wildman–Crippen LogP) is 1.42. The molecule has 0 fully saturated rings. The van der Waals surface area contributed by atoms with Crippen LogP contribution >= 0.6 is 0 Å². The Bertz CT molecular complexity index is 526. The van der Waals surface area contributed by atoms with Crippen LogP contribution in [-0.4, -0.2) is 21.0 Å². The van der Waals surface area contributed by atoms with E-state index in [2.05, 4.69) is 9.97 Å². The Morgan fingerprint density at radius 1 is 1.25 bits per heavy atom. The highest BCUT2D eigenvalue weighted by molar-refractivity contribution is 5.94. The van der Waals surface area contributed by atoms with E-state index in [4.69, 9.17) is 10.8 Å². The third-order valence-electron chi connectivity index (χ3n) is 2.09. The number of carboxylic acid groups (broad SMARTS) is 1. The molecule has 5 nitrogen and oxygen atoms in total. The van der Waals surface area contributed by atoms with Crippen LogP contribution < -0.4 is 5.73 Å². The number of nitrogens with zero attached hydrogens (tertiary/aromatic N) is 2. The van der Waals surface area contributed by atoms with Crippen molar-refractivity contribution in [1.29, 1.82) is 0 Å². The molecule has 0 atom stereocenters. The van der Waals surface area contributed by atoms with E-state index in [1.54, 1.807) is 24.3 Å². The van der Waals surface area contributed by atoms with Crippen LogP contribution in [0.1, 0.15) is 10.4 Å². The van der Waals surface area contributed by atoms with Crippen molar-refractivity contribution >= 4 is 11.9 Å². The lowest BCUT2D eigenvalue weighted by Gasteiger charge is -2.05. The van der Waals surface area contributed by atoms with Gasteiger partial charge in [-0.1, -0.05) is 30.3 Å². The van der Waals surface area contributed by atoms with Gasteiger partial charge in [-0.2, -0.15) is 0 Å². The molecule has 0 aliphatic carbocycles. The Kier molecular flexibility index (Phi) is 2.51. The average molecular weight is 215 g/mol. The van der Waals surface area contributed by atoms with Crippen molar-refractivity contribution in [2.45, 2.75) is 0 Å². The van der Waals surface area contributed by atoms with Crippen molar-refractivity contribution < 1.29 is 9.90 Å². The van der Waals surface area contributed by atoms with Crippen LogP contribution in [0.3, 0.4) is 0 Å². The van der Waals surface area contributed by atoms with Gasteiger partial charge in [0.05, 0.1) is 5.69 Å². The highest BCUT2D eigenvalue weighted by Gasteiger charge is 2.13. The van der Waals surface area contributed by atoms with E-state index in [9.17, 15) is 4.79 Å². The molecular formula is C11H9N3O2. The number of hydrogen-bond acceptors (Lipinski definition) is 4. The number of rotatable bonds is 2. The molecule has 0 unspecified atom stereocenters. The van der Waals surface area contributed by atoms with Gasteiger partial charge in [0.15, 0.2) is 0 Å². The highest BCUT2D eigenvalue weighted by atomic mass is 16.4. The lowest BCUT2D eigenvalue weighted by Crippen LogP contribution is -2.05. The lowest BCUT2D eigenvalue weighted by molar-refractivity contribution is 0.0697. The van der Waals surface area contributed by atoms with Crippen LogP contribution in [0.4, 0.5) is 5.95 Å². The first-order valence-electron chi connectivity index (χ1n) is 4.59. The van der Waals surface area contributed by atoms with E-state index < -0.39 is 5.97 Å². The van der Waals surface area contributed by atoms with Crippen molar-refractivity contribution in [3.05, 3.63) is 42.1 Å². The number of aromatic nitrogens is 2. The van der Waals surface area contributed by atoms with E-state index >= 15 is 0 Å². The minimum Gasteiger partial charge on any atom is -0.478 e. The van der Waals surface area contributed by atoms with Gasteiger partial charge in [0.25, 0.3) is 0 Å². The first-order chi connectivity index (χ1) is 7.68. The van der Waals surface area contributed by atoms with Crippen LogP contribution in [0.2, 0.25) is 0 Å². The van der Waals surface area contributed by atoms with Crippen LogP contribution in [0.25, 0.3) is 11.3 Å². The summed E-state index contributed by atoms with van der Waals surface area (Å²) < 4.78 is 0. The van der Waals surface area contributed by atoms with Crippen molar-refractivity contribution in [2.75, 3.05) is 5.73 Å². The zero-order valence-electron chi connectivity index (χ0n) is 8.29. The summed E-state index contributed by atoms with van der Waals surface area (Å²) in [5.74, 6) is -1.01. The maximum atomic E-state index is 11.0. The van der Waals surface area contributed by atoms with Gasteiger partial charge >= 0.3 is 5.97 Å². The van der Waals surface area contributed by atoms with Gasteiger partial charge in [-0.15, -0.1) is 0 Å². The Labute approximate surface area is 91.6 Å². The van der Waals surface area contributed by atoms with E-state index in [0.717, 1.165) is 0 Å². The van der Waals surface area contributed by atoms with Gasteiger partial charge in [0, 0.05) is 11.8 Å². The van der Waals surface area contributed by atoms with Crippen molar-refractivity contribution in [3.8, 4) is 11.3 Å². The summed E-state index contributed by atoms with van der Waals surface area (Å²) in [7, 11) is 0. The van der Waals surface area contributed by atoms with Crippen molar-refractivity contribution in [1.82, 2.24) is 9.97 Å². The number of benzene rings is 1. The number of carbonyl (C=O) groups is 1. The summed E-state index contributed by atoms with van der Waals surface area (Å²) in [5, 5.41) is 9.00. The Hall–Kier alpha value is -2.43. The topological polar surface area (TPSA) is 89.1 Å². The second-order valence-electron chi connectivity index (χ2n) is 3.16. The molecular weight excluding hydrogens is 206 g/mol. The largest absolute Gasteiger partial charge is 0.478 e. The van der Waals surface area contributed by atoms with E-state index in [0.29, 0.717) is 11.3 Å². The summed E-state index contributed by atoms with van der Waals surface area (Å²) in [4.78, 5) is 18.6. The average Bonchev–Trinajstić information content (AvgIpc) is 2.29. The fourth-order valence-electron chi connectivity index (χ4n) is 1.37. The van der Waals surface area contributed by atoms with Gasteiger partial charge in [0.1, 0.15) is 5.56 Å². The van der Waals surface area contributed by atoms with Crippen molar-refractivity contribution in [2.24, 2.45) is 0 Å². The summed E-state index contributed by atoms with van der Waals surface area (Å²) in [6.07, 6.45) is 1.22. The first-order valence-corrected chi connectivity index (χ1v) is 4.59. The standard InChI is InChI=1S/C11H9N3O2/c12-11-13-6-8(10(15)16)9(14-11)7-4-2-1-3-5-7/h1-6H,(H,15,16)(H2,12,13,14). The lowest BCUT2D eigenvalue weighted by atomic mass is 10.1. The smallest absolute Gasteiger partial charge is 0.339 e. The number of aromatic carboxylic acids is 1. The molecule has 0 aliphatic rings. The molecule has 0 aliphatic heterocycles. The first kappa shape index (κ1) is 10.1. The van der Waals surface area contributed by atoms with E-state index in [1.807, 2.05) is 6.07 Å². The van der Waals surface area contributed by atoms with Crippen LogP contribution in [-0.2, 0) is 0 Å². The molecule has 2 aromatic rings. The number of nitrogen functional groups attached to an aromatic ring is 1. The zero-order valence-corrected chi connectivity index (χ0v) is 8.29. The van der Waals surface area contributed by atoms with Crippen LogP contribution in [0, 0.1) is 0 Å². The normalized spacial score (nSPS) is 10.0. The van der Waals surface area contributed by atoms with Crippen molar-refractivity contribution in [3.63, 3.8) is 0 Å². The summed E-state index contributed by atoms with van der Waals surface area (Å²) in [6, 6.07) is 9.00. The molecule has 2 rings (SSSR count). The Balaban J connectivity index is 2.63. The molecule has 3 N–H and O–H groups in total. The molecule has 1 aromatic carbocycles. The molecule has 0 bridgehead atoms. The number of carboxylic acids is 1. The summed E-state index contributed by atoms with van der Waals surface area (Å²) in [5.41, 5.74) is 6.53. The number of anilines is 1. The fourth-order valence-corrected chi connectivity index (χ4v) is 1.37. The highest BCUT2D eigenvalue weighted by Crippen LogP contribution is 2.21. The number of nitrogens with two attached hydrogens (primary N) is 1. The Morgan fingerprint density at radius 2 is 1.94 bits per heavy atom. The molecule has 0 radical (unpaired) electrons. The fraction of sp³-hybridized carbons (Fsp3) is 0. The molecule has 0 spiro atoms. The third-order valence-corrected chi connectivity index (χ3v) is 2.09. The minimum absolute atomic E-state index is 0.0420.